The Morgan fingerprint density at radius 2 is 1.20 bits per heavy atom. The molecule has 3 heterocycles. The van der Waals surface area contributed by atoms with Crippen LogP contribution in [0, 0.1) is 0 Å². The molecule has 0 aliphatic heterocycles. The molecule has 4 heteroatoms. The number of rotatable bonds is 3. The van der Waals surface area contributed by atoms with Crippen molar-refractivity contribution in [2.24, 2.45) is 0 Å². The monoisotopic (exact) mass is 581 g/mol. The van der Waals surface area contributed by atoms with Gasteiger partial charge >= 0.3 is 0 Å². The summed E-state index contributed by atoms with van der Waals surface area (Å²) in [7, 11) is 0. The number of para-hydroxylation sites is 2. The molecule has 0 saturated heterocycles. The number of fused-ring (bicyclic) bond motifs is 12. The van der Waals surface area contributed by atoms with Crippen molar-refractivity contribution in [2.45, 2.75) is 0 Å². The van der Waals surface area contributed by atoms with E-state index in [0.29, 0.717) is 0 Å². The first-order chi connectivity index (χ1) is 21.8. The van der Waals surface area contributed by atoms with Crippen LogP contribution in [0.1, 0.15) is 0 Å². The highest BCUT2D eigenvalue weighted by Crippen LogP contribution is 2.48. The van der Waals surface area contributed by atoms with Crippen molar-refractivity contribution < 1.29 is 8.83 Å². The molecule has 3 nitrogen and oxygen atoms in total. The third kappa shape index (κ3) is 3.31. The van der Waals surface area contributed by atoms with E-state index in [0.717, 1.165) is 66.3 Å². The van der Waals surface area contributed by atoms with Gasteiger partial charge < -0.3 is 13.7 Å². The van der Waals surface area contributed by atoms with E-state index in [-0.39, 0.29) is 0 Å². The summed E-state index contributed by atoms with van der Waals surface area (Å²) in [6, 6.07) is 49.3. The highest BCUT2D eigenvalue weighted by atomic mass is 32.1. The van der Waals surface area contributed by atoms with Gasteiger partial charge in [-0.1, -0.05) is 78.9 Å². The molecule has 0 N–H and O–H groups in total. The molecule has 206 valence electrons. The fourth-order valence-corrected chi connectivity index (χ4v) is 8.07. The van der Waals surface area contributed by atoms with Gasteiger partial charge in [-0.05, 0) is 66.0 Å². The van der Waals surface area contributed by atoms with Crippen LogP contribution in [0.3, 0.4) is 0 Å². The maximum atomic E-state index is 6.78. The molecule has 0 fully saturated rings. The molecule has 3 aromatic heterocycles. The largest absolute Gasteiger partial charge is 0.456 e. The SMILES string of the molecule is c1ccc(N(c2ccc3oc4ccccc4c3c2)c2cccc3c2sc2ccc4c5ccc6ccccc6c5oc4c23)cc1. The van der Waals surface area contributed by atoms with Gasteiger partial charge in [0.2, 0.25) is 0 Å². The maximum absolute atomic E-state index is 6.78. The van der Waals surface area contributed by atoms with Crippen molar-refractivity contribution >= 4 is 103 Å². The lowest BCUT2D eigenvalue weighted by Gasteiger charge is -2.26. The average molecular weight is 582 g/mol. The zero-order valence-electron chi connectivity index (χ0n) is 23.5. The van der Waals surface area contributed by atoms with Crippen LogP contribution < -0.4 is 4.90 Å². The van der Waals surface area contributed by atoms with Gasteiger partial charge in [-0.2, -0.15) is 0 Å². The van der Waals surface area contributed by atoms with E-state index in [1.807, 2.05) is 23.5 Å². The molecular formula is C40H23NO2S. The fraction of sp³-hybridized carbons (Fsp3) is 0. The maximum Gasteiger partial charge on any atom is 0.144 e. The van der Waals surface area contributed by atoms with Gasteiger partial charge in [-0.3, -0.25) is 0 Å². The molecule has 0 amide bonds. The van der Waals surface area contributed by atoms with Crippen LogP contribution in [0.2, 0.25) is 0 Å². The van der Waals surface area contributed by atoms with Crippen LogP contribution in [0.15, 0.2) is 148 Å². The van der Waals surface area contributed by atoms with Crippen molar-refractivity contribution in [3.8, 4) is 0 Å². The van der Waals surface area contributed by atoms with Crippen LogP contribution in [0.5, 0.6) is 0 Å². The predicted octanol–water partition coefficient (Wildman–Crippen LogP) is 12.5. The number of benzene rings is 7. The molecule has 0 aliphatic rings. The number of hydrogen-bond acceptors (Lipinski definition) is 4. The topological polar surface area (TPSA) is 29.5 Å². The number of furan rings is 2. The standard InChI is InChI=1S/C40H23NO2S/c1-2-10-25(11-3-1)41(26-18-21-35-32(23-26)28-13-6-7-16-34(28)42-35)33-15-8-14-31-37-36(44-40(31)33)22-20-30-29-19-17-24-9-4-5-12-27(24)38(29)43-39(30)37/h1-23H. The first kappa shape index (κ1) is 23.9. The molecule has 0 radical (unpaired) electrons. The number of nitrogens with zero attached hydrogens (tertiary/aromatic N) is 1. The summed E-state index contributed by atoms with van der Waals surface area (Å²) >= 11 is 1.82. The van der Waals surface area contributed by atoms with Crippen LogP contribution in [-0.2, 0) is 0 Å². The summed E-state index contributed by atoms with van der Waals surface area (Å²) in [5, 5.41) is 9.25. The van der Waals surface area contributed by atoms with Crippen LogP contribution >= 0.6 is 11.3 Å². The second kappa shape index (κ2) is 8.96. The highest BCUT2D eigenvalue weighted by Gasteiger charge is 2.22. The third-order valence-electron chi connectivity index (χ3n) is 8.84. The molecule has 0 spiro atoms. The Morgan fingerprint density at radius 1 is 0.455 bits per heavy atom. The molecule has 44 heavy (non-hydrogen) atoms. The Bertz CT molecular complexity index is 2730. The van der Waals surface area contributed by atoms with E-state index in [2.05, 4.69) is 132 Å². The van der Waals surface area contributed by atoms with E-state index in [9.17, 15) is 0 Å². The van der Waals surface area contributed by atoms with Gasteiger partial charge in [0.15, 0.2) is 0 Å². The number of anilines is 3. The van der Waals surface area contributed by atoms with Crippen molar-refractivity contribution in [3.63, 3.8) is 0 Å². The lowest BCUT2D eigenvalue weighted by Crippen LogP contribution is -2.09. The Hall–Kier alpha value is -5.58. The van der Waals surface area contributed by atoms with Crippen LogP contribution in [-0.4, -0.2) is 0 Å². The van der Waals surface area contributed by atoms with Crippen molar-refractivity contribution in [1.29, 1.82) is 0 Å². The minimum absolute atomic E-state index is 0.892. The van der Waals surface area contributed by atoms with Gasteiger partial charge in [0, 0.05) is 53.8 Å². The Kier molecular flexibility index (Phi) is 4.87. The third-order valence-corrected chi connectivity index (χ3v) is 10.0. The summed E-state index contributed by atoms with van der Waals surface area (Å²) in [5.74, 6) is 0. The second-order valence-electron chi connectivity index (χ2n) is 11.3. The van der Waals surface area contributed by atoms with E-state index in [1.165, 1.54) is 25.6 Å². The van der Waals surface area contributed by atoms with Gasteiger partial charge in [-0.15, -0.1) is 11.3 Å². The van der Waals surface area contributed by atoms with Gasteiger partial charge in [0.1, 0.15) is 22.3 Å². The van der Waals surface area contributed by atoms with Gasteiger partial charge in [-0.25, -0.2) is 0 Å². The van der Waals surface area contributed by atoms with Crippen LogP contribution in [0.25, 0.3) is 74.8 Å². The molecule has 0 atom stereocenters. The van der Waals surface area contributed by atoms with E-state index >= 15 is 0 Å². The zero-order valence-corrected chi connectivity index (χ0v) is 24.3. The number of hydrogen-bond donors (Lipinski definition) is 0. The Balaban J connectivity index is 1.26. The summed E-state index contributed by atoms with van der Waals surface area (Å²) in [6.45, 7) is 0. The summed E-state index contributed by atoms with van der Waals surface area (Å²) in [5.41, 5.74) is 7.02. The van der Waals surface area contributed by atoms with Gasteiger partial charge in [0.05, 0.1) is 10.4 Å². The lowest BCUT2D eigenvalue weighted by atomic mass is 10.0. The molecule has 10 rings (SSSR count). The fourth-order valence-electron chi connectivity index (χ4n) is 6.86. The van der Waals surface area contributed by atoms with Crippen molar-refractivity contribution in [1.82, 2.24) is 0 Å². The van der Waals surface area contributed by atoms with E-state index in [1.54, 1.807) is 0 Å². The number of thiophene rings is 1. The zero-order chi connectivity index (χ0) is 28.8. The minimum Gasteiger partial charge on any atom is -0.456 e. The molecule has 7 aromatic carbocycles. The summed E-state index contributed by atoms with van der Waals surface area (Å²) in [4.78, 5) is 2.36. The molecule has 10 aromatic rings. The summed E-state index contributed by atoms with van der Waals surface area (Å²) < 4.78 is 15.4. The van der Waals surface area contributed by atoms with Crippen LogP contribution in [0.4, 0.5) is 17.1 Å². The molecule has 0 saturated carbocycles. The van der Waals surface area contributed by atoms with Crippen molar-refractivity contribution in [2.75, 3.05) is 4.90 Å². The summed E-state index contributed by atoms with van der Waals surface area (Å²) in [6.07, 6.45) is 0. The van der Waals surface area contributed by atoms with Gasteiger partial charge in [0.25, 0.3) is 0 Å². The average Bonchev–Trinajstić information content (AvgIpc) is 3.77. The van der Waals surface area contributed by atoms with E-state index < -0.39 is 0 Å². The Morgan fingerprint density at radius 3 is 2.14 bits per heavy atom. The molecular weight excluding hydrogens is 559 g/mol. The minimum atomic E-state index is 0.892. The molecule has 0 bridgehead atoms. The molecule has 0 aliphatic carbocycles. The quantitative estimate of drug-likeness (QED) is 0.208. The Labute approximate surface area is 255 Å². The lowest BCUT2D eigenvalue weighted by molar-refractivity contribution is 0.669. The highest BCUT2D eigenvalue weighted by molar-refractivity contribution is 7.26. The predicted molar refractivity (Wildman–Crippen MR) is 186 cm³/mol. The van der Waals surface area contributed by atoms with E-state index in [4.69, 9.17) is 8.83 Å². The normalized spacial score (nSPS) is 12.1. The first-order valence-corrected chi connectivity index (χ1v) is 15.6. The second-order valence-corrected chi connectivity index (χ2v) is 12.3. The molecule has 0 unspecified atom stereocenters. The first-order valence-electron chi connectivity index (χ1n) is 14.8. The smallest absolute Gasteiger partial charge is 0.144 e. The van der Waals surface area contributed by atoms with Crippen molar-refractivity contribution in [3.05, 3.63) is 140 Å².